The van der Waals surface area contributed by atoms with Gasteiger partial charge in [0.05, 0.1) is 11.1 Å². The lowest BCUT2D eigenvalue weighted by Crippen LogP contribution is -2.54. The third-order valence-corrected chi connectivity index (χ3v) is 7.31. The molecular weight excluding hydrogens is 438 g/mol. The molecule has 1 atom stereocenters. The maximum absolute atomic E-state index is 13.3. The van der Waals surface area contributed by atoms with E-state index in [-0.39, 0.29) is 24.7 Å². The van der Waals surface area contributed by atoms with Gasteiger partial charge in [-0.2, -0.15) is 0 Å². The van der Waals surface area contributed by atoms with E-state index in [0.29, 0.717) is 17.7 Å². The molecule has 4 heterocycles. The van der Waals surface area contributed by atoms with Crippen molar-refractivity contribution in [1.82, 2.24) is 25.3 Å². The normalized spacial score (nSPS) is 24.4. The molecule has 1 unspecified atom stereocenters. The summed E-state index contributed by atoms with van der Waals surface area (Å²) in [6, 6.07) is 4.25. The molecule has 10 heteroatoms. The molecule has 2 N–H and O–H groups in total. The van der Waals surface area contributed by atoms with Crippen LogP contribution in [0.25, 0.3) is 0 Å². The van der Waals surface area contributed by atoms with E-state index in [9.17, 15) is 24.0 Å². The predicted octanol–water partition coefficient (Wildman–Crippen LogP) is -0.268. The van der Waals surface area contributed by atoms with E-state index in [1.165, 1.54) is 0 Å². The average Bonchev–Trinajstić information content (AvgIpc) is 3.10. The minimum atomic E-state index is -0.968. The van der Waals surface area contributed by atoms with Crippen LogP contribution in [0.4, 0.5) is 0 Å². The lowest BCUT2D eigenvalue weighted by Gasteiger charge is -2.36. The van der Waals surface area contributed by atoms with Gasteiger partial charge in [-0.15, -0.1) is 0 Å². The number of benzene rings is 1. The molecule has 180 valence electrons. The van der Waals surface area contributed by atoms with Crippen molar-refractivity contribution in [1.29, 1.82) is 0 Å². The van der Waals surface area contributed by atoms with Gasteiger partial charge < -0.3 is 10.2 Å². The van der Waals surface area contributed by atoms with E-state index in [0.717, 1.165) is 62.6 Å². The molecule has 0 radical (unpaired) electrons. The van der Waals surface area contributed by atoms with Crippen LogP contribution in [0.15, 0.2) is 18.2 Å². The number of nitrogens with zero attached hydrogens (tertiary/aromatic N) is 3. The summed E-state index contributed by atoms with van der Waals surface area (Å²) in [7, 11) is 0. The molecule has 0 aromatic heterocycles. The molecule has 1 aromatic rings. The van der Waals surface area contributed by atoms with E-state index < -0.39 is 29.7 Å². The summed E-state index contributed by atoms with van der Waals surface area (Å²) in [6.07, 6.45) is 1.78. The highest BCUT2D eigenvalue weighted by atomic mass is 16.2. The number of carbonyl (C=O) groups excluding carboxylic acids is 5. The maximum atomic E-state index is 13.3. The zero-order chi connectivity index (χ0) is 23.8. The Morgan fingerprint density at radius 3 is 2.38 bits per heavy atom. The zero-order valence-electron chi connectivity index (χ0n) is 19.0. The highest BCUT2D eigenvalue weighted by Crippen LogP contribution is 2.31. The minimum Gasteiger partial charge on any atom is -0.340 e. The molecule has 5 amide bonds. The molecule has 0 saturated carbocycles. The number of hydrogen-bond donors (Lipinski definition) is 2. The van der Waals surface area contributed by atoms with Crippen LogP contribution in [-0.2, 0) is 20.9 Å². The maximum Gasteiger partial charge on any atom is 0.262 e. The number of imide groups is 2. The van der Waals surface area contributed by atoms with Gasteiger partial charge >= 0.3 is 0 Å². The van der Waals surface area contributed by atoms with Crippen LogP contribution < -0.4 is 10.6 Å². The number of piperazine rings is 1. The molecule has 4 aliphatic heterocycles. The van der Waals surface area contributed by atoms with Crippen LogP contribution in [0.5, 0.6) is 0 Å². The molecule has 0 bridgehead atoms. The zero-order valence-corrected chi connectivity index (χ0v) is 19.0. The van der Waals surface area contributed by atoms with Gasteiger partial charge in [-0.3, -0.25) is 39.1 Å². The lowest BCUT2D eigenvalue weighted by atomic mass is 9.94. The highest BCUT2D eigenvalue weighted by molar-refractivity contribution is 6.24. The van der Waals surface area contributed by atoms with Crippen LogP contribution in [-0.4, -0.2) is 89.5 Å². The fourth-order valence-corrected chi connectivity index (χ4v) is 5.44. The van der Waals surface area contributed by atoms with E-state index in [2.05, 4.69) is 15.5 Å². The van der Waals surface area contributed by atoms with Gasteiger partial charge in [-0.05, 0) is 44.0 Å². The fourth-order valence-electron chi connectivity index (χ4n) is 5.44. The van der Waals surface area contributed by atoms with E-state index in [4.69, 9.17) is 0 Å². The van der Waals surface area contributed by atoms with Crippen molar-refractivity contribution >= 4 is 29.5 Å². The first-order valence-corrected chi connectivity index (χ1v) is 12.0. The molecule has 0 spiro atoms. The second-order valence-corrected chi connectivity index (χ2v) is 9.41. The van der Waals surface area contributed by atoms with Crippen LogP contribution in [0.3, 0.4) is 0 Å². The number of amides is 5. The summed E-state index contributed by atoms with van der Waals surface area (Å²) in [6.45, 7) is 5.18. The summed E-state index contributed by atoms with van der Waals surface area (Å²) >= 11 is 0. The van der Waals surface area contributed by atoms with Gasteiger partial charge in [0.15, 0.2) is 0 Å². The Hall–Kier alpha value is -3.11. The van der Waals surface area contributed by atoms with Gasteiger partial charge in [-0.1, -0.05) is 12.1 Å². The van der Waals surface area contributed by atoms with Crippen molar-refractivity contribution < 1.29 is 24.0 Å². The van der Waals surface area contributed by atoms with Crippen molar-refractivity contribution in [3.05, 3.63) is 34.9 Å². The van der Waals surface area contributed by atoms with Crippen molar-refractivity contribution in [2.24, 2.45) is 5.92 Å². The molecule has 1 aromatic carbocycles. The van der Waals surface area contributed by atoms with Crippen molar-refractivity contribution in [3.8, 4) is 0 Å². The lowest BCUT2D eigenvalue weighted by molar-refractivity contribution is -0.138. The van der Waals surface area contributed by atoms with Gasteiger partial charge in [0.1, 0.15) is 6.04 Å². The van der Waals surface area contributed by atoms with E-state index in [1.807, 2.05) is 11.0 Å². The van der Waals surface area contributed by atoms with Gasteiger partial charge in [0.25, 0.3) is 11.8 Å². The second kappa shape index (κ2) is 9.27. The molecule has 4 aliphatic rings. The molecule has 3 fully saturated rings. The summed E-state index contributed by atoms with van der Waals surface area (Å²) in [5.41, 5.74) is 1.39. The largest absolute Gasteiger partial charge is 0.340 e. The standard InChI is InChI=1S/C24H29N5O5/c30-19-5-4-18(21(31)26-19)29-23(33)17-3-1-2-16(20(17)24(29)34)14-27-10-6-15(7-11-27)22(32)28-12-8-25-9-13-28/h1-3,15,18,25H,4-14H2,(H,26,30,31). The van der Waals surface area contributed by atoms with Crippen LogP contribution in [0.2, 0.25) is 0 Å². The Bertz CT molecular complexity index is 1040. The summed E-state index contributed by atoms with van der Waals surface area (Å²) < 4.78 is 0. The van der Waals surface area contributed by atoms with Crippen molar-refractivity contribution in [2.45, 2.75) is 38.3 Å². The first kappa shape index (κ1) is 22.7. The number of rotatable bonds is 4. The van der Waals surface area contributed by atoms with Gasteiger partial charge in [-0.25, -0.2) is 0 Å². The Morgan fingerprint density at radius 1 is 0.941 bits per heavy atom. The predicted molar refractivity (Wildman–Crippen MR) is 121 cm³/mol. The van der Waals surface area contributed by atoms with Crippen molar-refractivity contribution in [2.75, 3.05) is 39.3 Å². The number of likely N-dealkylation sites (tertiary alicyclic amines) is 1. The Balaban J connectivity index is 1.26. The molecule has 10 nitrogen and oxygen atoms in total. The highest BCUT2D eigenvalue weighted by Gasteiger charge is 2.45. The van der Waals surface area contributed by atoms with Crippen LogP contribution >= 0.6 is 0 Å². The topological polar surface area (TPSA) is 119 Å². The quantitative estimate of drug-likeness (QED) is 0.585. The average molecular weight is 468 g/mol. The Labute approximate surface area is 197 Å². The number of hydrogen-bond acceptors (Lipinski definition) is 7. The van der Waals surface area contributed by atoms with Gasteiger partial charge in [0, 0.05) is 45.1 Å². The Kier molecular flexibility index (Phi) is 6.18. The van der Waals surface area contributed by atoms with Crippen LogP contribution in [0.1, 0.15) is 52.0 Å². The molecule has 5 rings (SSSR count). The summed E-state index contributed by atoms with van der Waals surface area (Å²) in [5, 5.41) is 5.49. The molecular formula is C24H29N5O5. The van der Waals surface area contributed by atoms with Crippen molar-refractivity contribution in [3.63, 3.8) is 0 Å². The van der Waals surface area contributed by atoms with Gasteiger partial charge in [0.2, 0.25) is 17.7 Å². The van der Waals surface area contributed by atoms with E-state index >= 15 is 0 Å². The molecule has 3 saturated heterocycles. The SMILES string of the molecule is O=C1CCC(N2C(=O)c3cccc(CN4CCC(C(=O)N5CCNCC5)CC4)c3C2=O)C(=O)N1. The summed E-state index contributed by atoms with van der Waals surface area (Å²) in [5.74, 6) is -1.70. The first-order chi connectivity index (χ1) is 16.4. The third-order valence-electron chi connectivity index (χ3n) is 7.31. The molecule has 0 aliphatic carbocycles. The number of nitrogens with one attached hydrogen (secondary N) is 2. The second-order valence-electron chi connectivity index (χ2n) is 9.41. The number of carbonyl (C=O) groups is 5. The fraction of sp³-hybridized carbons (Fsp3) is 0.542. The monoisotopic (exact) mass is 467 g/mol. The third kappa shape index (κ3) is 4.12. The van der Waals surface area contributed by atoms with E-state index in [1.54, 1.807) is 12.1 Å². The number of piperidine rings is 2. The smallest absolute Gasteiger partial charge is 0.262 e. The number of fused-ring (bicyclic) bond motifs is 1. The molecule has 34 heavy (non-hydrogen) atoms. The Morgan fingerprint density at radius 2 is 1.68 bits per heavy atom. The summed E-state index contributed by atoms with van der Waals surface area (Å²) in [4.78, 5) is 68.1. The first-order valence-electron chi connectivity index (χ1n) is 12.0. The van der Waals surface area contributed by atoms with Crippen LogP contribution in [0, 0.1) is 5.92 Å². The minimum absolute atomic E-state index is 0.0297.